The van der Waals surface area contributed by atoms with Crippen LogP contribution in [-0.2, 0) is 16.7 Å². The number of amides is 2. The van der Waals surface area contributed by atoms with Gasteiger partial charge in [0.2, 0.25) is 5.91 Å². The zero-order valence-corrected chi connectivity index (χ0v) is 18.9. The number of rotatable bonds is 8. The first-order chi connectivity index (χ1) is 14.9. The summed E-state index contributed by atoms with van der Waals surface area (Å²) in [7, 11) is 3.39. The van der Waals surface area contributed by atoms with Crippen LogP contribution in [0.15, 0.2) is 35.5 Å². The Hall–Kier alpha value is -2.83. The molecule has 7 nitrogen and oxygen atoms in total. The van der Waals surface area contributed by atoms with Crippen LogP contribution in [0.25, 0.3) is 10.9 Å². The fourth-order valence-corrected chi connectivity index (χ4v) is 4.46. The first-order valence-electron chi connectivity index (χ1n) is 11.1. The lowest BCUT2D eigenvalue weighted by Gasteiger charge is -2.32. The Balaban J connectivity index is 1.71. The lowest BCUT2D eigenvalue weighted by Crippen LogP contribution is -2.51. The van der Waals surface area contributed by atoms with Crippen LogP contribution in [0.3, 0.4) is 0 Å². The molecule has 7 heteroatoms. The maximum absolute atomic E-state index is 13.1. The molecule has 1 fully saturated rings. The minimum absolute atomic E-state index is 0.0322. The minimum atomic E-state index is -0.252. The van der Waals surface area contributed by atoms with Gasteiger partial charge in [-0.25, -0.2) is 0 Å². The van der Waals surface area contributed by atoms with Gasteiger partial charge in [-0.3, -0.25) is 9.59 Å². The standard InChI is InChI=1S/C24H34N4O3/c1-16(2)13-18(15-25-31-4)26-23(29)19-10-6-7-11-20(19)27-24(30)22-14-17-9-5-8-12-21(17)28(22)3/h5,8-9,12,14-16,18-20H,6-7,10-11,13H2,1-4H3,(H,26,29)(H,27,30)/b25-15+/t18?,19-,20+/m1/s1. The Morgan fingerprint density at radius 1 is 1.26 bits per heavy atom. The van der Waals surface area contributed by atoms with E-state index in [4.69, 9.17) is 4.84 Å². The van der Waals surface area contributed by atoms with E-state index in [0.717, 1.165) is 43.0 Å². The highest BCUT2D eigenvalue weighted by atomic mass is 16.6. The molecule has 0 bridgehead atoms. The van der Waals surface area contributed by atoms with E-state index in [1.807, 2.05) is 41.9 Å². The van der Waals surface area contributed by atoms with E-state index in [1.165, 1.54) is 7.11 Å². The molecular weight excluding hydrogens is 392 g/mol. The van der Waals surface area contributed by atoms with Crippen molar-refractivity contribution >= 4 is 28.9 Å². The molecule has 0 saturated heterocycles. The molecule has 3 atom stereocenters. The second kappa shape index (κ2) is 10.5. The number of para-hydroxylation sites is 1. The molecule has 1 heterocycles. The van der Waals surface area contributed by atoms with E-state index in [2.05, 4.69) is 29.6 Å². The highest BCUT2D eigenvalue weighted by Gasteiger charge is 2.33. The summed E-state index contributed by atoms with van der Waals surface area (Å²) >= 11 is 0. The second-order valence-corrected chi connectivity index (χ2v) is 8.80. The predicted molar refractivity (Wildman–Crippen MR) is 123 cm³/mol. The number of nitrogens with zero attached hydrogens (tertiary/aromatic N) is 2. The van der Waals surface area contributed by atoms with Gasteiger partial charge in [0, 0.05) is 24.0 Å². The summed E-state index contributed by atoms with van der Waals surface area (Å²) < 4.78 is 1.91. The first kappa shape index (κ1) is 22.8. The van der Waals surface area contributed by atoms with Crippen LogP contribution in [-0.4, -0.2) is 41.8 Å². The van der Waals surface area contributed by atoms with Crippen molar-refractivity contribution in [2.45, 2.75) is 58.0 Å². The van der Waals surface area contributed by atoms with Crippen LogP contribution >= 0.6 is 0 Å². The molecule has 1 saturated carbocycles. The van der Waals surface area contributed by atoms with Crippen molar-refractivity contribution in [1.29, 1.82) is 0 Å². The maximum Gasteiger partial charge on any atom is 0.268 e. The molecule has 1 aromatic carbocycles. The lowest BCUT2D eigenvalue weighted by atomic mass is 9.83. The summed E-state index contributed by atoms with van der Waals surface area (Å²) in [6.07, 6.45) is 5.97. The van der Waals surface area contributed by atoms with Crippen molar-refractivity contribution in [2.75, 3.05) is 7.11 Å². The van der Waals surface area contributed by atoms with Gasteiger partial charge in [0.25, 0.3) is 5.91 Å². The minimum Gasteiger partial charge on any atom is -0.399 e. The third-order valence-corrected chi connectivity index (χ3v) is 6.00. The van der Waals surface area contributed by atoms with Gasteiger partial charge in [0.1, 0.15) is 12.8 Å². The van der Waals surface area contributed by atoms with E-state index in [9.17, 15) is 9.59 Å². The normalized spacial score (nSPS) is 20.2. The predicted octanol–water partition coefficient (Wildman–Crippen LogP) is 3.63. The van der Waals surface area contributed by atoms with Gasteiger partial charge in [0.05, 0.1) is 18.2 Å². The van der Waals surface area contributed by atoms with E-state index < -0.39 is 0 Å². The highest BCUT2D eigenvalue weighted by Crippen LogP contribution is 2.26. The van der Waals surface area contributed by atoms with Crippen molar-refractivity contribution in [1.82, 2.24) is 15.2 Å². The monoisotopic (exact) mass is 426 g/mol. The van der Waals surface area contributed by atoms with Gasteiger partial charge in [0.15, 0.2) is 0 Å². The second-order valence-electron chi connectivity index (χ2n) is 8.80. The third kappa shape index (κ3) is 5.66. The van der Waals surface area contributed by atoms with E-state index >= 15 is 0 Å². The summed E-state index contributed by atoms with van der Waals surface area (Å²) in [6.45, 7) is 4.21. The number of aryl methyl sites for hydroxylation is 1. The largest absolute Gasteiger partial charge is 0.399 e. The SMILES string of the molecule is CO/N=C/C(CC(C)C)NC(=O)[C@@H]1CCCC[C@@H]1NC(=O)c1cc2ccccc2n1C. The van der Waals surface area contributed by atoms with E-state index in [0.29, 0.717) is 11.6 Å². The quantitative estimate of drug-likeness (QED) is 0.499. The van der Waals surface area contributed by atoms with Crippen LogP contribution in [0.1, 0.15) is 56.4 Å². The molecular formula is C24H34N4O3. The molecule has 3 rings (SSSR count). The van der Waals surface area contributed by atoms with Crippen LogP contribution in [0.4, 0.5) is 0 Å². The van der Waals surface area contributed by atoms with Gasteiger partial charge in [-0.15, -0.1) is 0 Å². The number of benzene rings is 1. The number of hydrogen-bond acceptors (Lipinski definition) is 4. The Bertz CT molecular complexity index is 934. The molecule has 1 aromatic heterocycles. The summed E-state index contributed by atoms with van der Waals surface area (Å²) in [5.74, 6) is -0.0155. The van der Waals surface area contributed by atoms with Gasteiger partial charge in [-0.2, -0.15) is 0 Å². The smallest absolute Gasteiger partial charge is 0.268 e. The Morgan fingerprint density at radius 2 is 2.00 bits per heavy atom. The molecule has 2 aromatic rings. The maximum atomic E-state index is 13.1. The van der Waals surface area contributed by atoms with Crippen LogP contribution in [0.5, 0.6) is 0 Å². The molecule has 1 aliphatic rings. The fraction of sp³-hybridized carbons (Fsp3) is 0.542. The van der Waals surface area contributed by atoms with E-state index in [-0.39, 0.29) is 29.8 Å². The zero-order chi connectivity index (χ0) is 22.4. The summed E-state index contributed by atoms with van der Waals surface area (Å²) in [5, 5.41) is 11.1. The Kier molecular flexibility index (Phi) is 7.71. The van der Waals surface area contributed by atoms with Crippen LogP contribution in [0, 0.1) is 11.8 Å². The number of hydrogen-bond donors (Lipinski definition) is 2. The van der Waals surface area contributed by atoms with Gasteiger partial charge >= 0.3 is 0 Å². The van der Waals surface area contributed by atoms with Crippen LogP contribution < -0.4 is 10.6 Å². The number of nitrogens with one attached hydrogen (secondary N) is 2. The van der Waals surface area contributed by atoms with Crippen molar-refractivity contribution < 1.29 is 14.4 Å². The van der Waals surface area contributed by atoms with Crippen molar-refractivity contribution in [3.63, 3.8) is 0 Å². The zero-order valence-electron chi connectivity index (χ0n) is 18.9. The molecule has 2 amide bonds. The molecule has 0 spiro atoms. The topological polar surface area (TPSA) is 84.7 Å². The number of carbonyl (C=O) groups is 2. The number of aromatic nitrogens is 1. The third-order valence-electron chi connectivity index (χ3n) is 6.00. The molecule has 1 unspecified atom stereocenters. The Labute approximate surface area is 184 Å². The molecule has 0 radical (unpaired) electrons. The van der Waals surface area contributed by atoms with Gasteiger partial charge in [-0.1, -0.05) is 50.0 Å². The summed E-state index contributed by atoms with van der Waals surface area (Å²) in [6, 6.07) is 9.46. The van der Waals surface area contributed by atoms with E-state index in [1.54, 1.807) is 6.21 Å². The highest BCUT2D eigenvalue weighted by molar-refractivity contribution is 5.99. The number of oxime groups is 1. The summed E-state index contributed by atoms with van der Waals surface area (Å²) in [4.78, 5) is 31.0. The summed E-state index contributed by atoms with van der Waals surface area (Å²) in [5.41, 5.74) is 1.62. The number of fused-ring (bicyclic) bond motifs is 1. The molecule has 31 heavy (non-hydrogen) atoms. The molecule has 168 valence electrons. The van der Waals surface area contributed by atoms with Gasteiger partial charge in [-0.05, 0) is 37.3 Å². The van der Waals surface area contributed by atoms with Gasteiger partial charge < -0.3 is 20.0 Å². The average molecular weight is 427 g/mol. The first-order valence-corrected chi connectivity index (χ1v) is 11.1. The Morgan fingerprint density at radius 3 is 2.71 bits per heavy atom. The molecule has 1 aliphatic carbocycles. The average Bonchev–Trinajstić information content (AvgIpc) is 3.09. The van der Waals surface area contributed by atoms with Crippen molar-refractivity contribution in [3.8, 4) is 0 Å². The number of carbonyl (C=O) groups excluding carboxylic acids is 2. The fourth-order valence-electron chi connectivity index (χ4n) is 4.46. The lowest BCUT2D eigenvalue weighted by molar-refractivity contribution is -0.127. The molecule has 0 aliphatic heterocycles. The van der Waals surface area contributed by atoms with Crippen molar-refractivity contribution in [3.05, 3.63) is 36.0 Å². The van der Waals surface area contributed by atoms with Crippen molar-refractivity contribution in [2.24, 2.45) is 24.0 Å². The van der Waals surface area contributed by atoms with Crippen LogP contribution in [0.2, 0.25) is 0 Å². The molecule has 2 N–H and O–H groups in total.